The quantitative estimate of drug-likeness (QED) is 0.922. The van der Waals surface area contributed by atoms with Crippen molar-refractivity contribution in [3.8, 4) is 5.82 Å². The lowest BCUT2D eigenvalue weighted by Gasteiger charge is -2.20. The first kappa shape index (κ1) is 14.9. The predicted octanol–water partition coefficient (Wildman–Crippen LogP) is 2.15. The van der Waals surface area contributed by atoms with Gasteiger partial charge in [-0.05, 0) is 31.6 Å². The molecule has 1 N–H and O–H groups in total. The maximum Gasteiger partial charge on any atom is 0.411 e. The van der Waals surface area contributed by atoms with Gasteiger partial charge in [0.2, 0.25) is 0 Å². The number of alkyl halides is 3. The van der Waals surface area contributed by atoms with Gasteiger partial charge in [0.1, 0.15) is 5.54 Å². The number of halogens is 3. The standard InChI is InChI=1S/C16H14F3N5O/c17-16(18,19)15(1-2-15)22-14(25)12-10-6-8-5-9(8)13(10)24(23-12)11-7-20-3-4-21-11/h3-4,7-9H,1-2,5-6H2,(H,22,25)/t8-,9-/m0/s1. The summed E-state index contributed by atoms with van der Waals surface area (Å²) in [6.07, 6.45) is 1.67. The molecule has 130 valence electrons. The van der Waals surface area contributed by atoms with Gasteiger partial charge in [-0.25, -0.2) is 9.67 Å². The summed E-state index contributed by atoms with van der Waals surface area (Å²) in [6.45, 7) is 0. The zero-order valence-corrected chi connectivity index (χ0v) is 13.0. The SMILES string of the molecule is O=C(NC1(C(F)(F)F)CC1)c1nn(-c2cnccn2)c2c1C[C@@H]1C[C@H]21. The van der Waals surface area contributed by atoms with Crippen LogP contribution in [0.1, 0.15) is 46.9 Å². The highest BCUT2D eigenvalue weighted by atomic mass is 19.4. The van der Waals surface area contributed by atoms with Gasteiger partial charge in [0.05, 0.1) is 11.9 Å². The Morgan fingerprint density at radius 2 is 2.12 bits per heavy atom. The third kappa shape index (κ3) is 2.11. The molecule has 0 radical (unpaired) electrons. The number of fused-ring (bicyclic) bond motifs is 3. The van der Waals surface area contributed by atoms with Crippen LogP contribution in [0.5, 0.6) is 0 Å². The average molecular weight is 349 g/mol. The number of hydrogen-bond acceptors (Lipinski definition) is 4. The zero-order valence-electron chi connectivity index (χ0n) is 13.0. The minimum atomic E-state index is -4.44. The van der Waals surface area contributed by atoms with E-state index in [1.54, 1.807) is 4.68 Å². The molecule has 2 saturated carbocycles. The molecule has 1 amide bonds. The third-order valence-electron chi connectivity index (χ3n) is 5.39. The van der Waals surface area contributed by atoms with Crippen LogP contribution in [0.4, 0.5) is 13.2 Å². The topological polar surface area (TPSA) is 72.7 Å². The molecule has 0 aromatic carbocycles. The molecule has 0 saturated heterocycles. The van der Waals surface area contributed by atoms with Gasteiger partial charge in [-0.2, -0.15) is 18.3 Å². The molecule has 2 fully saturated rings. The summed E-state index contributed by atoms with van der Waals surface area (Å²) >= 11 is 0. The first-order valence-corrected chi connectivity index (χ1v) is 8.17. The lowest BCUT2D eigenvalue weighted by molar-refractivity contribution is -0.163. The summed E-state index contributed by atoms with van der Waals surface area (Å²) < 4.78 is 41.0. The number of carbonyl (C=O) groups excluding carboxylic acids is 1. The third-order valence-corrected chi connectivity index (χ3v) is 5.39. The Balaban J connectivity index is 1.53. The number of aromatic nitrogens is 4. The molecule has 6 nitrogen and oxygen atoms in total. The maximum absolute atomic E-state index is 13.1. The summed E-state index contributed by atoms with van der Waals surface area (Å²) in [6, 6.07) is 0. The van der Waals surface area contributed by atoms with Crippen molar-refractivity contribution >= 4 is 5.91 Å². The van der Waals surface area contributed by atoms with Crippen LogP contribution in [-0.2, 0) is 6.42 Å². The number of carbonyl (C=O) groups is 1. The van der Waals surface area contributed by atoms with Gasteiger partial charge in [-0.1, -0.05) is 0 Å². The molecule has 5 rings (SSSR count). The molecule has 25 heavy (non-hydrogen) atoms. The normalized spacial score (nSPS) is 25.2. The van der Waals surface area contributed by atoms with Gasteiger partial charge in [0.15, 0.2) is 11.5 Å². The van der Waals surface area contributed by atoms with Crippen LogP contribution in [0.25, 0.3) is 5.82 Å². The average Bonchev–Trinajstić information content (AvgIpc) is 3.45. The summed E-state index contributed by atoms with van der Waals surface area (Å²) in [4.78, 5) is 20.8. The van der Waals surface area contributed by atoms with Crippen molar-refractivity contribution in [3.63, 3.8) is 0 Å². The van der Waals surface area contributed by atoms with Crippen molar-refractivity contribution in [3.05, 3.63) is 35.5 Å². The highest BCUT2D eigenvalue weighted by Gasteiger charge is 2.64. The van der Waals surface area contributed by atoms with Crippen molar-refractivity contribution in [2.45, 2.75) is 43.3 Å². The molecule has 3 aliphatic carbocycles. The molecule has 2 aromatic heterocycles. The summed E-state index contributed by atoms with van der Waals surface area (Å²) in [5.41, 5.74) is -0.354. The Hall–Kier alpha value is -2.45. The van der Waals surface area contributed by atoms with E-state index >= 15 is 0 Å². The van der Waals surface area contributed by atoms with Crippen LogP contribution in [-0.4, -0.2) is 37.4 Å². The van der Waals surface area contributed by atoms with Crippen molar-refractivity contribution in [1.29, 1.82) is 0 Å². The molecule has 3 aliphatic rings. The molecule has 0 aliphatic heterocycles. The second-order valence-electron chi connectivity index (χ2n) is 7.03. The van der Waals surface area contributed by atoms with Gasteiger partial charge in [0, 0.05) is 23.9 Å². The fourth-order valence-corrected chi connectivity index (χ4v) is 3.75. The molecule has 9 heteroatoms. The van der Waals surface area contributed by atoms with E-state index in [-0.39, 0.29) is 18.5 Å². The van der Waals surface area contributed by atoms with Gasteiger partial charge < -0.3 is 5.32 Å². The van der Waals surface area contributed by atoms with Crippen LogP contribution in [0, 0.1) is 5.92 Å². The van der Waals surface area contributed by atoms with Gasteiger partial charge in [-0.15, -0.1) is 0 Å². The molecular formula is C16H14F3N5O. The predicted molar refractivity (Wildman–Crippen MR) is 79.2 cm³/mol. The molecule has 0 unspecified atom stereocenters. The largest absolute Gasteiger partial charge is 0.411 e. The molecule has 0 spiro atoms. The minimum absolute atomic E-state index is 0.0828. The Labute approximate surface area is 140 Å². The van der Waals surface area contributed by atoms with Crippen LogP contribution in [0.15, 0.2) is 18.6 Å². The molecule has 2 aromatic rings. The first-order valence-electron chi connectivity index (χ1n) is 8.17. The van der Waals surface area contributed by atoms with E-state index in [1.165, 1.54) is 18.6 Å². The molecule has 0 bridgehead atoms. The fourth-order valence-electron chi connectivity index (χ4n) is 3.75. The van der Waals surface area contributed by atoms with Crippen molar-refractivity contribution < 1.29 is 18.0 Å². The number of hydrogen-bond donors (Lipinski definition) is 1. The Morgan fingerprint density at radius 1 is 1.32 bits per heavy atom. The first-order chi connectivity index (χ1) is 11.9. The maximum atomic E-state index is 13.1. The zero-order chi connectivity index (χ0) is 17.4. The van der Waals surface area contributed by atoms with E-state index in [1.807, 2.05) is 0 Å². The number of nitrogens with zero attached hydrogens (tertiary/aromatic N) is 4. The van der Waals surface area contributed by atoms with Crippen LogP contribution in [0.2, 0.25) is 0 Å². The van der Waals surface area contributed by atoms with Gasteiger partial charge in [-0.3, -0.25) is 9.78 Å². The van der Waals surface area contributed by atoms with E-state index in [0.717, 1.165) is 17.7 Å². The highest BCUT2D eigenvalue weighted by molar-refractivity contribution is 5.95. The van der Waals surface area contributed by atoms with E-state index in [9.17, 15) is 18.0 Å². The Bertz CT molecular complexity index is 872. The minimum Gasteiger partial charge on any atom is -0.336 e. The molecular weight excluding hydrogens is 335 g/mol. The summed E-state index contributed by atoms with van der Waals surface area (Å²) in [7, 11) is 0. The van der Waals surface area contributed by atoms with Crippen LogP contribution in [0.3, 0.4) is 0 Å². The van der Waals surface area contributed by atoms with E-state index < -0.39 is 17.6 Å². The van der Waals surface area contributed by atoms with E-state index in [4.69, 9.17) is 0 Å². The smallest absolute Gasteiger partial charge is 0.336 e. The van der Waals surface area contributed by atoms with Gasteiger partial charge >= 0.3 is 6.18 Å². The van der Waals surface area contributed by atoms with Crippen molar-refractivity contribution in [2.24, 2.45) is 5.92 Å². The van der Waals surface area contributed by atoms with E-state index in [0.29, 0.717) is 24.1 Å². The Kier molecular flexibility index (Phi) is 2.72. The fraction of sp³-hybridized carbons (Fsp3) is 0.500. The number of nitrogens with one attached hydrogen (secondary N) is 1. The lowest BCUT2D eigenvalue weighted by Crippen LogP contribution is -2.48. The van der Waals surface area contributed by atoms with Gasteiger partial charge in [0.25, 0.3) is 5.91 Å². The summed E-state index contributed by atoms with van der Waals surface area (Å²) in [5, 5.41) is 6.48. The highest BCUT2D eigenvalue weighted by Crippen LogP contribution is 2.57. The van der Waals surface area contributed by atoms with E-state index in [2.05, 4.69) is 20.4 Å². The number of amides is 1. The molecule has 2 atom stereocenters. The molecule has 2 heterocycles. The Morgan fingerprint density at radius 3 is 2.76 bits per heavy atom. The van der Waals surface area contributed by atoms with Crippen LogP contribution >= 0.6 is 0 Å². The number of rotatable bonds is 3. The van der Waals surface area contributed by atoms with Crippen LogP contribution < -0.4 is 5.32 Å². The second-order valence-corrected chi connectivity index (χ2v) is 7.03. The van der Waals surface area contributed by atoms with Crippen molar-refractivity contribution in [2.75, 3.05) is 0 Å². The summed E-state index contributed by atoms with van der Waals surface area (Å²) in [5.74, 6) is 0.487. The van der Waals surface area contributed by atoms with Crippen molar-refractivity contribution in [1.82, 2.24) is 25.1 Å². The monoisotopic (exact) mass is 349 g/mol. The lowest BCUT2D eigenvalue weighted by atomic mass is 10.1. The second kappa shape index (κ2) is 4.59.